The summed E-state index contributed by atoms with van der Waals surface area (Å²) in [5.74, 6) is 1.78. The summed E-state index contributed by atoms with van der Waals surface area (Å²) in [7, 11) is 3.56. The number of thiazole rings is 1. The van der Waals surface area contributed by atoms with E-state index in [1.165, 1.54) is 23.1 Å². The first-order valence-electron chi connectivity index (χ1n) is 8.92. The van der Waals surface area contributed by atoms with E-state index in [-0.39, 0.29) is 11.7 Å². The highest BCUT2D eigenvalue weighted by atomic mass is 32.2. The Kier molecular flexibility index (Phi) is 5.77. The molecule has 0 saturated carbocycles. The molecule has 0 aliphatic carbocycles. The number of thioether (sulfide) groups is 1. The van der Waals surface area contributed by atoms with Gasteiger partial charge in [-0.2, -0.15) is 0 Å². The van der Waals surface area contributed by atoms with E-state index in [1.807, 2.05) is 60.1 Å². The second-order valence-corrected chi connectivity index (χ2v) is 8.28. The zero-order valence-corrected chi connectivity index (χ0v) is 17.6. The summed E-state index contributed by atoms with van der Waals surface area (Å²) in [5, 5.41) is 12.6. The van der Waals surface area contributed by atoms with Crippen molar-refractivity contribution in [1.82, 2.24) is 19.7 Å². The molecule has 1 amide bonds. The predicted molar refractivity (Wildman–Crippen MR) is 116 cm³/mol. The molecular weight excluding hydrogens is 406 g/mol. The molecule has 0 aliphatic rings. The minimum atomic E-state index is -0.117. The molecule has 0 spiro atoms. The van der Waals surface area contributed by atoms with Crippen LogP contribution in [0.15, 0.2) is 53.7 Å². The van der Waals surface area contributed by atoms with E-state index in [1.54, 1.807) is 7.11 Å². The molecule has 4 rings (SSSR count). The second kappa shape index (κ2) is 8.62. The Bertz CT molecular complexity index is 1100. The minimum absolute atomic E-state index is 0.117. The highest BCUT2D eigenvalue weighted by molar-refractivity contribution is 7.99. The van der Waals surface area contributed by atoms with Crippen molar-refractivity contribution >= 4 is 44.4 Å². The van der Waals surface area contributed by atoms with Crippen molar-refractivity contribution in [3.8, 4) is 5.75 Å². The lowest BCUT2D eigenvalue weighted by Crippen LogP contribution is -2.14. The summed E-state index contributed by atoms with van der Waals surface area (Å²) < 4.78 is 8.15. The molecule has 0 radical (unpaired) electrons. The quantitative estimate of drug-likeness (QED) is 0.454. The summed E-state index contributed by atoms with van der Waals surface area (Å²) in [4.78, 5) is 16.7. The first kappa shape index (κ1) is 19.4. The Morgan fingerprint density at radius 2 is 1.97 bits per heavy atom. The Hall–Kier alpha value is -2.91. The number of anilines is 1. The van der Waals surface area contributed by atoms with Crippen molar-refractivity contribution in [3.63, 3.8) is 0 Å². The first-order valence-corrected chi connectivity index (χ1v) is 10.7. The van der Waals surface area contributed by atoms with Gasteiger partial charge >= 0.3 is 0 Å². The van der Waals surface area contributed by atoms with E-state index < -0.39 is 0 Å². The number of hydrogen-bond acceptors (Lipinski definition) is 7. The standard InChI is InChI=1S/C20H19N5O2S2/c1-25-17(11-13-7-9-14(27-2)10-8-13)23-24-20(25)28-12-18(26)22-19-21-15-5-3-4-6-16(15)29-19/h3-10H,11-12H2,1-2H3,(H,21,22,26). The van der Waals surface area contributed by atoms with Crippen LogP contribution in [0, 0.1) is 0 Å². The first-order chi connectivity index (χ1) is 14.1. The van der Waals surface area contributed by atoms with E-state index in [9.17, 15) is 4.79 Å². The Morgan fingerprint density at radius 1 is 1.17 bits per heavy atom. The van der Waals surface area contributed by atoms with Crippen molar-refractivity contribution in [2.75, 3.05) is 18.2 Å². The molecule has 2 aromatic heterocycles. The maximum Gasteiger partial charge on any atom is 0.236 e. The molecule has 0 aliphatic heterocycles. The Labute approximate surface area is 176 Å². The number of methoxy groups -OCH3 is 1. The zero-order chi connectivity index (χ0) is 20.2. The topological polar surface area (TPSA) is 81.9 Å². The molecule has 0 bridgehead atoms. The molecule has 2 heterocycles. The molecule has 4 aromatic rings. The summed E-state index contributed by atoms with van der Waals surface area (Å²) in [5.41, 5.74) is 2.00. The highest BCUT2D eigenvalue weighted by Gasteiger charge is 2.13. The van der Waals surface area contributed by atoms with Gasteiger partial charge in [-0.25, -0.2) is 4.98 Å². The van der Waals surface area contributed by atoms with Crippen LogP contribution < -0.4 is 10.1 Å². The average molecular weight is 426 g/mol. The van der Waals surface area contributed by atoms with E-state index in [0.717, 1.165) is 27.4 Å². The normalized spacial score (nSPS) is 11.0. The van der Waals surface area contributed by atoms with Gasteiger partial charge in [0, 0.05) is 13.5 Å². The molecule has 148 valence electrons. The lowest BCUT2D eigenvalue weighted by Gasteiger charge is -2.05. The summed E-state index contributed by atoms with van der Waals surface area (Å²) in [6.07, 6.45) is 0.659. The van der Waals surface area contributed by atoms with Gasteiger partial charge in [0.1, 0.15) is 11.6 Å². The molecule has 1 N–H and O–H groups in total. The third kappa shape index (κ3) is 4.57. The zero-order valence-electron chi connectivity index (χ0n) is 16.0. The molecule has 0 fully saturated rings. The largest absolute Gasteiger partial charge is 0.497 e. The molecule has 0 saturated heterocycles. The van der Waals surface area contributed by atoms with Crippen LogP contribution in [0.2, 0.25) is 0 Å². The molecule has 29 heavy (non-hydrogen) atoms. The van der Waals surface area contributed by atoms with Crippen LogP contribution in [0.25, 0.3) is 10.2 Å². The smallest absolute Gasteiger partial charge is 0.236 e. The van der Waals surface area contributed by atoms with Gasteiger partial charge < -0.3 is 14.6 Å². The maximum atomic E-state index is 12.3. The van der Waals surface area contributed by atoms with Crippen molar-refractivity contribution < 1.29 is 9.53 Å². The average Bonchev–Trinajstić information content (AvgIpc) is 3.30. The van der Waals surface area contributed by atoms with Gasteiger partial charge in [0.2, 0.25) is 5.91 Å². The lowest BCUT2D eigenvalue weighted by molar-refractivity contribution is -0.113. The fourth-order valence-corrected chi connectivity index (χ4v) is 4.37. The minimum Gasteiger partial charge on any atom is -0.497 e. The number of nitrogens with zero attached hydrogens (tertiary/aromatic N) is 4. The number of amides is 1. The van der Waals surface area contributed by atoms with Gasteiger partial charge in [0.15, 0.2) is 10.3 Å². The molecule has 0 atom stereocenters. The Morgan fingerprint density at radius 3 is 2.72 bits per heavy atom. The van der Waals surface area contributed by atoms with Crippen LogP contribution in [0.1, 0.15) is 11.4 Å². The van der Waals surface area contributed by atoms with Gasteiger partial charge in [0.05, 0.1) is 23.1 Å². The monoisotopic (exact) mass is 425 g/mol. The second-order valence-electron chi connectivity index (χ2n) is 6.31. The van der Waals surface area contributed by atoms with Crippen molar-refractivity contribution in [2.45, 2.75) is 11.6 Å². The van der Waals surface area contributed by atoms with E-state index in [2.05, 4.69) is 20.5 Å². The Balaban J connectivity index is 1.35. The van der Waals surface area contributed by atoms with E-state index >= 15 is 0 Å². The number of aromatic nitrogens is 4. The third-order valence-electron chi connectivity index (χ3n) is 4.32. The predicted octanol–water partition coefficient (Wildman–Crippen LogP) is 3.76. The lowest BCUT2D eigenvalue weighted by atomic mass is 10.1. The highest BCUT2D eigenvalue weighted by Crippen LogP contribution is 2.26. The fourth-order valence-electron chi connectivity index (χ4n) is 2.76. The van der Waals surface area contributed by atoms with Crippen molar-refractivity contribution in [3.05, 3.63) is 59.9 Å². The van der Waals surface area contributed by atoms with Crippen LogP contribution in [-0.2, 0) is 18.3 Å². The van der Waals surface area contributed by atoms with E-state index in [4.69, 9.17) is 4.74 Å². The van der Waals surface area contributed by atoms with Crippen LogP contribution in [0.5, 0.6) is 5.75 Å². The molecule has 2 aromatic carbocycles. The SMILES string of the molecule is COc1ccc(Cc2nnc(SCC(=O)Nc3nc4ccccc4s3)n2C)cc1. The fraction of sp³-hybridized carbons (Fsp3) is 0.200. The third-order valence-corrected chi connectivity index (χ3v) is 6.29. The number of ether oxygens (including phenoxy) is 1. The number of benzene rings is 2. The van der Waals surface area contributed by atoms with Crippen LogP contribution in [-0.4, -0.2) is 38.5 Å². The van der Waals surface area contributed by atoms with Gasteiger partial charge in [-0.05, 0) is 29.8 Å². The van der Waals surface area contributed by atoms with Crippen molar-refractivity contribution in [2.24, 2.45) is 7.05 Å². The van der Waals surface area contributed by atoms with Gasteiger partial charge in [-0.15, -0.1) is 10.2 Å². The van der Waals surface area contributed by atoms with Gasteiger partial charge in [-0.1, -0.05) is 47.4 Å². The number of carbonyl (C=O) groups excluding carboxylic acids is 1. The number of carbonyl (C=O) groups is 1. The number of hydrogen-bond donors (Lipinski definition) is 1. The number of para-hydroxylation sites is 1. The van der Waals surface area contributed by atoms with Gasteiger partial charge in [-0.3, -0.25) is 4.79 Å². The summed E-state index contributed by atoms with van der Waals surface area (Å²) in [6.45, 7) is 0. The number of nitrogens with one attached hydrogen (secondary N) is 1. The number of rotatable bonds is 7. The number of fused-ring (bicyclic) bond motifs is 1. The molecule has 7 nitrogen and oxygen atoms in total. The molecular formula is C20H19N5O2S2. The maximum absolute atomic E-state index is 12.3. The van der Waals surface area contributed by atoms with Crippen molar-refractivity contribution in [1.29, 1.82) is 0 Å². The van der Waals surface area contributed by atoms with Gasteiger partial charge in [0.25, 0.3) is 0 Å². The van der Waals surface area contributed by atoms with Crippen LogP contribution >= 0.6 is 23.1 Å². The van der Waals surface area contributed by atoms with Crippen LogP contribution in [0.4, 0.5) is 5.13 Å². The molecule has 9 heteroatoms. The van der Waals surface area contributed by atoms with E-state index in [0.29, 0.717) is 16.7 Å². The summed E-state index contributed by atoms with van der Waals surface area (Å²) in [6, 6.07) is 15.7. The molecule has 0 unspecified atom stereocenters. The van der Waals surface area contributed by atoms with Crippen LogP contribution in [0.3, 0.4) is 0 Å². The summed E-state index contributed by atoms with van der Waals surface area (Å²) >= 11 is 2.82.